The maximum atomic E-state index is 11.2. The summed E-state index contributed by atoms with van der Waals surface area (Å²) >= 11 is 1.51. The SMILES string of the molecule is Cc1ccc(C)c(SC(C(=O)O)C2CC2)c1. The Balaban J connectivity index is 2.17. The molecule has 3 heteroatoms. The molecule has 2 nitrogen and oxygen atoms in total. The number of carboxylic acid groups (broad SMARTS) is 1. The molecule has 0 amide bonds. The molecule has 0 aliphatic heterocycles. The van der Waals surface area contributed by atoms with E-state index in [0.717, 1.165) is 17.7 Å². The largest absolute Gasteiger partial charge is 0.480 e. The van der Waals surface area contributed by atoms with Crippen molar-refractivity contribution in [3.63, 3.8) is 0 Å². The van der Waals surface area contributed by atoms with Crippen molar-refractivity contribution in [2.24, 2.45) is 5.92 Å². The Morgan fingerprint density at radius 2 is 2.12 bits per heavy atom. The third-order valence-electron chi connectivity index (χ3n) is 2.89. The predicted octanol–water partition coefficient (Wildman–Crippen LogP) is 3.26. The molecule has 1 aliphatic carbocycles. The quantitative estimate of drug-likeness (QED) is 0.815. The number of benzene rings is 1. The van der Waals surface area contributed by atoms with Crippen molar-refractivity contribution in [2.75, 3.05) is 0 Å². The first kappa shape index (κ1) is 11.5. The van der Waals surface area contributed by atoms with Crippen LogP contribution in [0.2, 0.25) is 0 Å². The second-order valence-electron chi connectivity index (χ2n) is 4.48. The van der Waals surface area contributed by atoms with Crippen molar-refractivity contribution in [3.05, 3.63) is 29.3 Å². The van der Waals surface area contributed by atoms with Crippen molar-refractivity contribution in [1.82, 2.24) is 0 Å². The summed E-state index contributed by atoms with van der Waals surface area (Å²) < 4.78 is 0. The van der Waals surface area contributed by atoms with Gasteiger partial charge in [0.05, 0.1) is 0 Å². The van der Waals surface area contributed by atoms with Crippen molar-refractivity contribution in [1.29, 1.82) is 0 Å². The number of carbonyl (C=O) groups is 1. The lowest BCUT2D eigenvalue weighted by atomic mass is 10.2. The Morgan fingerprint density at radius 3 is 2.69 bits per heavy atom. The second-order valence-corrected chi connectivity index (χ2v) is 5.67. The number of rotatable bonds is 4. The van der Waals surface area contributed by atoms with E-state index in [2.05, 4.69) is 18.2 Å². The first-order valence-electron chi connectivity index (χ1n) is 5.54. The minimum absolute atomic E-state index is 0.263. The van der Waals surface area contributed by atoms with Crippen molar-refractivity contribution < 1.29 is 9.90 Å². The highest BCUT2D eigenvalue weighted by atomic mass is 32.2. The maximum Gasteiger partial charge on any atom is 0.317 e. The molecule has 1 atom stereocenters. The first-order chi connectivity index (χ1) is 7.58. The lowest BCUT2D eigenvalue weighted by Crippen LogP contribution is -2.18. The van der Waals surface area contributed by atoms with Crippen molar-refractivity contribution in [2.45, 2.75) is 36.8 Å². The fourth-order valence-corrected chi connectivity index (χ4v) is 3.07. The average molecular weight is 236 g/mol. The van der Waals surface area contributed by atoms with Gasteiger partial charge < -0.3 is 5.11 Å². The highest BCUT2D eigenvalue weighted by Crippen LogP contribution is 2.42. The normalized spacial score (nSPS) is 17.1. The fourth-order valence-electron chi connectivity index (χ4n) is 1.72. The number of hydrogen-bond acceptors (Lipinski definition) is 2. The monoisotopic (exact) mass is 236 g/mol. The van der Waals surface area contributed by atoms with Crippen LogP contribution in [0.15, 0.2) is 23.1 Å². The maximum absolute atomic E-state index is 11.2. The number of aryl methyl sites for hydroxylation is 2. The van der Waals surface area contributed by atoms with Crippen LogP contribution in [0, 0.1) is 19.8 Å². The average Bonchev–Trinajstić information content (AvgIpc) is 3.02. The Hall–Kier alpha value is -0.960. The number of thioether (sulfide) groups is 1. The van der Waals surface area contributed by atoms with E-state index in [4.69, 9.17) is 0 Å². The number of hydrogen-bond donors (Lipinski definition) is 1. The van der Waals surface area contributed by atoms with Crippen LogP contribution in [0.3, 0.4) is 0 Å². The third kappa shape index (κ3) is 2.59. The molecule has 1 aromatic carbocycles. The molecule has 0 spiro atoms. The summed E-state index contributed by atoms with van der Waals surface area (Å²) in [7, 11) is 0. The number of carboxylic acids is 1. The van der Waals surface area contributed by atoms with E-state index in [1.165, 1.54) is 22.9 Å². The van der Waals surface area contributed by atoms with Crippen LogP contribution in [-0.2, 0) is 4.79 Å². The van der Waals surface area contributed by atoms with Gasteiger partial charge in [-0.2, -0.15) is 0 Å². The molecule has 1 fully saturated rings. The molecule has 0 saturated heterocycles. The zero-order valence-corrected chi connectivity index (χ0v) is 10.4. The third-order valence-corrected chi connectivity index (χ3v) is 4.43. The summed E-state index contributed by atoms with van der Waals surface area (Å²) in [6, 6.07) is 6.20. The molecule has 86 valence electrons. The van der Waals surface area contributed by atoms with Crippen molar-refractivity contribution >= 4 is 17.7 Å². The van der Waals surface area contributed by atoms with Gasteiger partial charge in [-0.3, -0.25) is 4.79 Å². The van der Waals surface area contributed by atoms with E-state index in [9.17, 15) is 9.90 Å². The fraction of sp³-hybridized carbons (Fsp3) is 0.462. The van der Waals surface area contributed by atoms with Crippen LogP contribution >= 0.6 is 11.8 Å². The highest BCUT2D eigenvalue weighted by Gasteiger charge is 2.37. The van der Waals surface area contributed by atoms with Crippen molar-refractivity contribution in [3.8, 4) is 0 Å². The summed E-state index contributed by atoms with van der Waals surface area (Å²) in [5.41, 5.74) is 2.36. The van der Waals surface area contributed by atoms with Gasteiger partial charge in [0, 0.05) is 4.90 Å². The van der Waals surface area contributed by atoms with Gasteiger partial charge >= 0.3 is 5.97 Å². The molecular formula is C13H16O2S. The summed E-state index contributed by atoms with van der Waals surface area (Å²) in [6.07, 6.45) is 2.13. The van der Waals surface area contributed by atoms with E-state index in [1.807, 2.05) is 13.8 Å². The Bertz CT molecular complexity index is 410. The van der Waals surface area contributed by atoms with Gasteiger partial charge in [0.1, 0.15) is 5.25 Å². The standard InChI is InChI=1S/C13H16O2S/c1-8-3-4-9(2)11(7-8)16-12(13(14)15)10-5-6-10/h3-4,7,10,12H,5-6H2,1-2H3,(H,14,15). The van der Waals surface area contributed by atoms with Gasteiger partial charge in [-0.15, -0.1) is 11.8 Å². The van der Waals surface area contributed by atoms with Gasteiger partial charge in [-0.25, -0.2) is 0 Å². The molecule has 1 aliphatic rings. The molecule has 1 saturated carbocycles. The van der Waals surface area contributed by atoms with Crippen LogP contribution in [0.5, 0.6) is 0 Å². The predicted molar refractivity (Wildman–Crippen MR) is 65.9 cm³/mol. The number of aliphatic carboxylic acids is 1. The second kappa shape index (κ2) is 4.50. The smallest absolute Gasteiger partial charge is 0.317 e. The van der Waals surface area contributed by atoms with Gasteiger partial charge in [-0.05, 0) is 44.2 Å². The van der Waals surface area contributed by atoms with Gasteiger partial charge in [-0.1, -0.05) is 17.7 Å². The molecule has 1 aromatic rings. The van der Waals surface area contributed by atoms with Gasteiger partial charge in [0.15, 0.2) is 0 Å². The van der Waals surface area contributed by atoms with Crippen LogP contribution in [0.1, 0.15) is 24.0 Å². The van der Waals surface area contributed by atoms with Gasteiger partial charge in [0.25, 0.3) is 0 Å². The van der Waals surface area contributed by atoms with Crippen LogP contribution < -0.4 is 0 Å². The molecule has 16 heavy (non-hydrogen) atoms. The summed E-state index contributed by atoms with van der Waals surface area (Å²) in [6.45, 7) is 4.07. The molecule has 0 aromatic heterocycles. The summed E-state index contributed by atoms with van der Waals surface area (Å²) in [5.74, 6) is -0.296. The molecule has 0 radical (unpaired) electrons. The Kier molecular flexibility index (Phi) is 3.24. The zero-order valence-electron chi connectivity index (χ0n) is 9.56. The lowest BCUT2D eigenvalue weighted by Gasteiger charge is -2.13. The van der Waals surface area contributed by atoms with Crippen LogP contribution in [-0.4, -0.2) is 16.3 Å². The molecule has 1 N–H and O–H groups in total. The van der Waals surface area contributed by atoms with Crippen LogP contribution in [0.25, 0.3) is 0 Å². The minimum Gasteiger partial charge on any atom is -0.480 e. The Labute approximate surface area is 100 Å². The highest BCUT2D eigenvalue weighted by molar-refractivity contribution is 8.00. The molecule has 0 bridgehead atoms. The van der Waals surface area contributed by atoms with E-state index in [0.29, 0.717) is 5.92 Å². The molecule has 1 unspecified atom stereocenters. The lowest BCUT2D eigenvalue weighted by molar-refractivity contribution is -0.136. The summed E-state index contributed by atoms with van der Waals surface area (Å²) in [4.78, 5) is 12.3. The van der Waals surface area contributed by atoms with E-state index in [1.54, 1.807) is 0 Å². The van der Waals surface area contributed by atoms with E-state index < -0.39 is 5.97 Å². The Morgan fingerprint density at radius 1 is 1.44 bits per heavy atom. The topological polar surface area (TPSA) is 37.3 Å². The molecular weight excluding hydrogens is 220 g/mol. The minimum atomic E-state index is -0.673. The molecule has 0 heterocycles. The summed E-state index contributed by atoms with van der Waals surface area (Å²) in [5, 5.41) is 8.92. The molecule has 2 rings (SSSR count). The van der Waals surface area contributed by atoms with Crippen LogP contribution in [0.4, 0.5) is 0 Å². The van der Waals surface area contributed by atoms with E-state index >= 15 is 0 Å². The van der Waals surface area contributed by atoms with E-state index in [-0.39, 0.29) is 5.25 Å². The first-order valence-corrected chi connectivity index (χ1v) is 6.42. The van der Waals surface area contributed by atoms with Gasteiger partial charge in [0.2, 0.25) is 0 Å². The zero-order chi connectivity index (χ0) is 11.7.